The van der Waals surface area contributed by atoms with Crippen molar-refractivity contribution in [3.8, 4) is 0 Å². The number of hydrogen-bond acceptors (Lipinski definition) is 3. The summed E-state index contributed by atoms with van der Waals surface area (Å²) in [5, 5.41) is 88.8. The van der Waals surface area contributed by atoms with Crippen LogP contribution >= 0.6 is 0 Å². The summed E-state index contributed by atoms with van der Waals surface area (Å²) in [6.07, 6.45) is -0.218. The average Bonchev–Trinajstić information content (AvgIpc) is 2.15. The summed E-state index contributed by atoms with van der Waals surface area (Å²) in [5.41, 5.74) is 4.81. The van der Waals surface area contributed by atoms with E-state index >= 15 is 4.79 Å². The normalized spacial score (nSPS) is 22.0. The molecule has 0 atom stereocenters. The zero-order valence-electron chi connectivity index (χ0n) is 39.5. The summed E-state index contributed by atoms with van der Waals surface area (Å²) in [7, 11) is 0. The number of nitrogens with zero attached hydrogens (tertiary/aromatic N) is 1. The first kappa shape index (κ1) is 29.8. The van der Waals surface area contributed by atoms with E-state index in [9.17, 15) is 4.79 Å². The first-order valence-corrected chi connectivity index (χ1v) is 27.8. The maximum absolute atomic E-state index is 15.7. The van der Waals surface area contributed by atoms with Gasteiger partial charge in [0, 0.05) is 26.1 Å². The molecule has 0 radical (unpaired) electrons. The van der Waals surface area contributed by atoms with Gasteiger partial charge in [0.25, 0.3) is 0 Å². The van der Waals surface area contributed by atoms with Crippen LogP contribution in [0.1, 0.15) is 49.4 Å². The molecule has 33 rings (SSSR count). The van der Waals surface area contributed by atoms with Crippen molar-refractivity contribution in [1.82, 2.24) is 10.2 Å². The number of amides is 2. The fourth-order valence-electron chi connectivity index (χ4n) is 25.7. The van der Waals surface area contributed by atoms with E-state index in [0.29, 0.717) is 13.1 Å². The van der Waals surface area contributed by atoms with Crippen LogP contribution in [0.3, 0.4) is 0 Å². The number of alkyl carbamates (subject to hydrolysis) is 1. The highest BCUT2D eigenvalue weighted by atomic mass is 16.6. The Labute approximate surface area is 410 Å². The Morgan fingerprint density at radius 2 is 0.507 bits per heavy atom. The van der Waals surface area contributed by atoms with Crippen molar-refractivity contribution >= 4 is 303 Å². The third-order valence-electron chi connectivity index (χ3n) is 25.9. The van der Waals surface area contributed by atoms with Crippen molar-refractivity contribution in [2.75, 3.05) is 19.6 Å². The second kappa shape index (κ2) is 6.84. The predicted octanol–water partition coefficient (Wildman–Crippen LogP) is 17.1. The fraction of sp³-hybridized carbons (Fsp3) is 0.143. The van der Waals surface area contributed by atoms with Gasteiger partial charge in [0.1, 0.15) is 5.60 Å². The molecule has 2 spiro atoms. The van der Waals surface area contributed by atoms with Crippen LogP contribution in [0, 0.1) is 0 Å². The largest absolute Gasteiger partial charge is 0.444 e. The molecule has 5 heteroatoms. The molecule has 28 aromatic carbocycles. The SMILES string of the molecule is CC(C)(C)OC(=O)NCCC(=O)N1CC23c4c5c6c7c8c9c(c%10c%11c2c2c4c4c%12c5c5c6c6c8c8c%13c9c9c%10c%10c%11c%11c2c2c4c4c%12c%12c5c5c6c8c6c8c%13c9c9c%10c%10c%11c2c2c4c4c%12c5c6c5c8c9c%10c2c45)C73C1. The first-order valence-electron chi connectivity index (χ1n) is 27.8. The first-order chi connectivity index (χ1) is 36.8. The summed E-state index contributed by atoms with van der Waals surface area (Å²) in [4.78, 5) is 31.2. The highest BCUT2D eigenvalue weighted by molar-refractivity contribution is 6.82. The van der Waals surface area contributed by atoms with E-state index in [1.165, 1.54) is 0 Å². The van der Waals surface area contributed by atoms with E-state index in [2.05, 4.69) is 10.2 Å². The zero-order chi connectivity index (χ0) is 46.0. The van der Waals surface area contributed by atoms with Gasteiger partial charge in [0.05, 0.1) is 10.8 Å². The van der Waals surface area contributed by atoms with Gasteiger partial charge in [-0.25, -0.2) is 4.79 Å². The standard InChI is InChI=1S/C70H18N2O3/c1-68(2,3)75-67(74)71-5-4-8(73)72-6-69-63-55-47-37-27-19-11-9-10-13-17-15(11)23-31-25(17)35-29-21(13)22-14(10)18-16-12(9)20(19)28-34-24(16)32-26(18)36-30(22)40-39(29)49-43(35)53-45(31)51(41(47)33(23)27)59(63)61(53)65-57(49)58-50(40)44(36)54-46(32)52-42(34)48(38(28)37)56(55)64(69)60(52)62(54)66(58)70(65,69)7-72/h4-7H2,1-3H3,(H,71,74). The number of likely N-dealkylation sites (tertiary alicyclic amines) is 1. The molecule has 1 N–H and O–H groups in total. The number of rotatable bonds is 3. The van der Waals surface area contributed by atoms with Gasteiger partial charge in [-0.1, -0.05) is 0 Å². The molecule has 1 fully saturated rings. The Bertz CT molecular complexity index is 6840. The summed E-state index contributed by atoms with van der Waals surface area (Å²) in [5.74, 6) is 0.141. The van der Waals surface area contributed by atoms with Crippen molar-refractivity contribution < 1.29 is 14.3 Å². The molecule has 4 aliphatic carbocycles. The van der Waals surface area contributed by atoms with E-state index in [1.807, 2.05) is 20.8 Å². The molecule has 0 unspecified atom stereocenters. The Balaban J connectivity index is 0.999. The molecule has 0 saturated carbocycles. The van der Waals surface area contributed by atoms with Crippen molar-refractivity contribution in [2.45, 2.75) is 43.6 Å². The molecule has 1 saturated heterocycles. The molecule has 1 aliphatic heterocycles. The molecular formula is C70H18N2O3. The second-order valence-electron chi connectivity index (χ2n) is 28.0. The van der Waals surface area contributed by atoms with Crippen molar-refractivity contribution in [3.05, 3.63) is 22.3 Å². The quantitative estimate of drug-likeness (QED) is 0.180. The molecule has 1 heterocycles. The van der Waals surface area contributed by atoms with Crippen molar-refractivity contribution in [2.24, 2.45) is 0 Å². The van der Waals surface area contributed by atoms with Crippen LogP contribution in [0.2, 0.25) is 0 Å². The molecule has 326 valence electrons. The number of carbonyl (C=O) groups is 2. The lowest BCUT2D eigenvalue weighted by atomic mass is 9.50. The van der Waals surface area contributed by atoms with Gasteiger partial charge in [-0.2, -0.15) is 0 Å². The molecular weight excluding hydrogens is 917 g/mol. The number of ether oxygens (including phenoxy) is 1. The van der Waals surface area contributed by atoms with Gasteiger partial charge in [0.15, 0.2) is 0 Å². The summed E-state index contributed by atoms with van der Waals surface area (Å²) in [6, 6.07) is 0. The van der Waals surface area contributed by atoms with Gasteiger partial charge in [-0.05, 0) is 334 Å². The molecule has 0 aromatic heterocycles. The zero-order valence-corrected chi connectivity index (χ0v) is 39.5. The Kier molecular flexibility index (Phi) is 2.72. The Morgan fingerprint density at radius 1 is 0.333 bits per heavy atom. The van der Waals surface area contributed by atoms with Crippen LogP contribution in [0.4, 0.5) is 4.79 Å². The lowest BCUT2D eigenvalue weighted by Gasteiger charge is -2.49. The van der Waals surface area contributed by atoms with E-state index in [-0.39, 0.29) is 18.9 Å². The molecule has 5 nitrogen and oxygen atoms in total. The van der Waals surface area contributed by atoms with Gasteiger partial charge in [0.2, 0.25) is 5.91 Å². The minimum atomic E-state index is -0.616. The number of benzene rings is 18. The number of hydrogen-bond donors (Lipinski definition) is 1. The molecule has 75 heavy (non-hydrogen) atoms. The van der Waals surface area contributed by atoms with Crippen LogP contribution < -0.4 is 5.32 Å². The van der Waals surface area contributed by atoms with E-state index < -0.39 is 22.5 Å². The maximum atomic E-state index is 15.7. The highest BCUT2D eigenvalue weighted by Gasteiger charge is 2.73. The van der Waals surface area contributed by atoms with Crippen LogP contribution in [0.5, 0.6) is 0 Å². The molecule has 2 amide bonds. The van der Waals surface area contributed by atoms with Gasteiger partial charge in [-0.15, -0.1) is 0 Å². The number of carbonyl (C=O) groups excluding carboxylic acids is 2. The van der Waals surface area contributed by atoms with Crippen LogP contribution in [0.25, 0.3) is 291 Å². The average molecular weight is 935 g/mol. The van der Waals surface area contributed by atoms with Gasteiger partial charge < -0.3 is 15.0 Å². The van der Waals surface area contributed by atoms with Crippen LogP contribution in [0.15, 0.2) is 0 Å². The summed E-state index contributed by atoms with van der Waals surface area (Å²) < 4.78 is 5.71. The lowest BCUT2D eigenvalue weighted by Crippen LogP contribution is -2.51. The topological polar surface area (TPSA) is 58.6 Å². The fourth-order valence-corrected chi connectivity index (χ4v) is 25.7. The minimum Gasteiger partial charge on any atom is -0.444 e. The van der Waals surface area contributed by atoms with Crippen LogP contribution in [-0.2, 0) is 20.4 Å². The van der Waals surface area contributed by atoms with Crippen molar-refractivity contribution in [1.29, 1.82) is 0 Å². The molecule has 0 bridgehead atoms. The van der Waals surface area contributed by atoms with E-state index in [4.69, 9.17) is 4.74 Å². The van der Waals surface area contributed by atoms with E-state index in [0.717, 1.165) is 0 Å². The summed E-state index contributed by atoms with van der Waals surface area (Å²) >= 11 is 0. The highest BCUT2D eigenvalue weighted by Crippen LogP contribution is 2.85. The Hall–Kier alpha value is -8.80. The maximum Gasteiger partial charge on any atom is 0.407 e. The second-order valence-corrected chi connectivity index (χ2v) is 28.0. The number of nitrogens with one attached hydrogen (secondary N) is 1. The van der Waals surface area contributed by atoms with Crippen molar-refractivity contribution in [3.63, 3.8) is 0 Å². The Morgan fingerprint density at radius 3 is 0.680 bits per heavy atom. The van der Waals surface area contributed by atoms with Gasteiger partial charge >= 0.3 is 6.09 Å². The van der Waals surface area contributed by atoms with E-state index in [1.54, 1.807) is 313 Å². The smallest absolute Gasteiger partial charge is 0.407 e. The van der Waals surface area contributed by atoms with Gasteiger partial charge in [-0.3, -0.25) is 4.79 Å². The monoisotopic (exact) mass is 934 g/mol. The molecule has 5 aliphatic rings. The lowest BCUT2D eigenvalue weighted by molar-refractivity contribution is -0.130. The predicted molar refractivity (Wildman–Crippen MR) is 309 cm³/mol. The third-order valence-corrected chi connectivity index (χ3v) is 25.9. The third kappa shape index (κ3) is 1.72. The minimum absolute atomic E-state index is 0.141. The van der Waals surface area contributed by atoms with Crippen LogP contribution in [-0.4, -0.2) is 42.1 Å². The summed E-state index contributed by atoms with van der Waals surface area (Å²) in [6.45, 7) is 7.26. The molecule has 28 aromatic rings.